The Hall–Kier alpha value is -2.03. The zero-order valence-electron chi connectivity index (χ0n) is 13.3. The Morgan fingerprint density at radius 1 is 1.00 bits per heavy atom. The average molecular weight is 313 g/mol. The van der Waals surface area contributed by atoms with Crippen molar-refractivity contribution in [3.05, 3.63) is 65.9 Å². The van der Waals surface area contributed by atoms with E-state index in [1.807, 2.05) is 12.3 Å². The Morgan fingerprint density at radius 3 is 2.39 bits per heavy atom. The summed E-state index contributed by atoms with van der Waals surface area (Å²) < 4.78 is 26.3. The molecule has 120 valence electrons. The Bertz CT molecular complexity index is 683. The van der Waals surface area contributed by atoms with Gasteiger partial charge in [-0.25, -0.2) is 8.78 Å². The highest BCUT2D eigenvalue weighted by atomic mass is 19.2. The first-order valence-electron chi connectivity index (χ1n) is 8.21. The first-order chi connectivity index (χ1) is 11.2. The molecule has 23 heavy (non-hydrogen) atoms. The molecule has 0 spiro atoms. The molecule has 0 atom stereocenters. The second-order valence-electron chi connectivity index (χ2n) is 6.24. The summed E-state index contributed by atoms with van der Waals surface area (Å²) in [5.74, 6) is -0.396. The van der Waals surface area contributed by atoms with Gasteiger partial charge in [0.15, 0.2) is 11.6 Å². The first kappa shape index (κ1) is 15.9. The number of aromatic nitrogens is 1. The largest absolute Gasteiger partial charge is 0.256 e. The summed E-state index contributed by atoms with van der Waals surface area (Å²) >= 11 is 0. The summed E-state index contributed by atoms with van der Waals surface area (Å²) in [6, 6.07) is 7.87. The van der Waals surface area contributed by atoms with Crippen LogP contribution >= 0.6 is 0 Å². The van der Waals surface area contributed by atoms with Gasteiger partial charge in [0.05, 0.1) is 5.69 Å². The number of rotatable bonds is 3. The highest BCUT2D eigenvalue weighted by Crippen LogP contribution is 2.36. The number of hydrogen-bond donors (Lipinski definition) is 0. The molecule has 1 aromatic carbocycles. The van der Waals surface area contributed by atoms with Crippen LogP contribution < -0.4 is 0 Å². The lowest BCUT2D eigenvalue weighted by Gasteiger charge is -2.26. The van der Waals surface area contributed by atoms with E-state index in [4.69, 9.17) is 0 Å². The van der Waals surface area contributed by atoms with Crippen molar-refractivity contribution in [1.29, 1.82) is 0 Å². The third kappa shape index (κ3) is 3.66. The van der Waals surface area contributed by atoms with Gasteiger partial charge < -0.3 is 0 Å². The van der Waals surface area contributed by atoms with Crippen LogP contribution in [0, 0.1) is 17.6 Å². The van der Waals surface area contributed by atoms with Crippen molar-refractivity contribution >= 4 is 0 Å². The molecule has 0 amide bonds. The van der Waals surface area contributed by atoms with E-state index in [0.29, 0.717) is 23.1 Å². The number of pyridine rings is 1. The maximum atomic E-state index is 13.3. The second-order valence-corrected chi connectivity index (χ2v) is 6.24. The molecule has 1 heterocycles. The number of benzene rings is 1. The predicted molar refractivity (Wildman–Crippen MR) is 89.1 cm³/mol. The highest BCUT2D eigenvalue weighted by Gasteiger charge is 2.21. The van der Waals surface area contributed by atoms with Gasteiger partial charge in [-0.05, 0) is 74.3 Å². The van der Waals surface area contributed by atoms with Crippen LogP contribution in [0.25, 0.3) is 11.3 Å². The lowest BCUT2D eigenvalue weighted by Crippen LogP contribution is -2.11. The van der Waals surface area contributed by atoms with E-state index < -0.39 is 11.6 Å². The normalized spacial score (nSPS) is 21.7. The summed E-state index contributed by atoms with van der Waals surface area (Å²) in [6.45, 7) is 2.08. The average Bonchev–Trinajstić information content (AvgIpc) is 2.59. The van der Waals surface area contributed by atoms with Crippen molar-refractivity contribution in [2.45, 2.75) is 38.5 Å². The number of hydrogen-bond acceptors (Lipinski definition) is 1. The van der Waals surface area contributed by atoms with Crippen molar-refractivity contribution in [2.24, 2.45) is 5.92 Å². The summed E-state index contributed by atoms with van der Waals surface area (Å²) in [4.78, 5) is 4.45. The molecular formula is C20H21F2N. The van der Waals surface area contributed by atoms with Crippen LogP contribution in [-0.4, -0.2) is 4.98 Å². The molecule has 1 aromatic heterocycles. The van der Waals surface area contributed by atoms with Gasteiger partial charge in [-0.1, -0.05) is 18.2 Å². The Labute approximate surface area is 136 Å². The lowest BCUT2D eigenvalue weighted by molar-refractivity contribution is 0.375. The van der Waals surface area contributed by atoms with Gasteiger partial charge in [-0.15, -0.1) is 0 Å². The summed E-state index contributed by atoms with van der Waals surface area (Å²) in [7, 11) is 0. The van der Waals surface area contributed by atoms with Crippen LogP contribution in [-0.2, 0) is 0 Å². The molecule has 1 saturated carbocycles. The van der Waals surface area contributed by atoms with E-state index in [0.717, 1.165) is 6.07 Å². The number of allylic oxidation sites excluding steroid dienone is 2. The molecule has 0 bridgehead atoms. The minimum Gasteiger partial charge on any atom is -0.256 e. The summed E-state index contributed by atoms with van der Waals surface area (Å²) in [5.41, 5.74) is 2.53. The van der Waals surface area contributed by atoms with Gasteiger partial charge in [0, 0.05) is 11.8 Å². The summed E-state index contributed by atoms with van der Waals surface area (Å²) in [6.07, 6.45) is 11.1. The molecule has 0 aliphatic heterocycles. The molecule has 3 rings (SSSR count). The molecule has 0 radical (unpaired) electrons. The van der Waals surface area contributed by atoms with Crippen LogP contribution in [0.15, 0.2) is 48.7 Å². The first-order valence-corrected chi connectivity index (χ1v) is 8.21. The van der Waals surface area contributed by atoms with Gasteiger partial charge in [0.25, 0.3) is 0 Å². The van der Waals surface area contributed by atoms with Crippen molar-refractivity contribution in [2.75, 3.05) is 0 Å². The summed E-state index contributed by atoms with van der Waals surface area (Å²) in [5, 5.41) is 0. The predicted octanol–water partition coefficient (Wildman–Crippen LogP) is 5.88. The molecule has 1 aliphatic rings. The molecule has 2 aromatic rings. The van der Waals surface area contributed by atoms with E-state index >= 15 is 0 Å². The lowest BCUT2D eigenvalue weighted by atomic mass is 9.79. The molecule has 1 aliphatic carbocycles. The van der Waals surface area contributed by atoms with Crippen LogP contribution in [0.4, 0.5) is 8.78 Å². The minimum absolute atomic E-state index is 0.558. The highest BCUT2D eigenvalue weighted by molar-refractivity contribution is 5.59. The van der Waals surface area contributed by atoms with E-state index in [2.05, 4.69) is 30.1 Å². The van der Waals surface area contributed by atoms with E-state index in [1.54, 1.807) is 6.07 Å². The monoisotopic (exact) mass is 313 g/mol. The van der Waals surface area contributed by atoms with Gasteiger partial charge >= 0.3 is 0 Å². The maximum Gasteiger partial charge on any atom is 0.159 e. The van der Waals surface area contributed by atoms with Crippen molar-refractivity contribution in [3.63, 3.8) is 0 Å². The molecule has 1 fully saturated rings. The molecule has 0 saturated heterocycles. The standard InChI is InChI=1S/C20H21F2N/c1-2-3-14-4-6-15(7-5-14)17-9-11-20(23-13-17)16-8-10-18(21)19(22)12-16/h2-3,8-15H,4-7H2,1H3. The smallest absolute Gasteiger partial charge is 0.159 e. The van der Waals surface area contributed by atoms with Gasteiger partial charge in [0.1, 0.15) is 0 Å². The van der Waals surface area contributed by atoms with Crippen LogP contribution in [0.5, 0.6) is 0 Å². The Kier molecular flexibility index (Phi) is 4.85. The van der Waals surface area contributed by atoms with Gasteiger partial charge in [0.2, 0.25) is 0 Å². The number of nitrogens with zero attached hydrogens (tertiary/aromatic N) is 1. The van der Waals surface area contributed by atoms with Crippen LogP contribution in [0.3, 0.4) is 0 Å². The SMILES string of the molecule is CC=CC1CCC(c2ccc(-c3ccc(F)c(F)c3)nc2)CC1. The zero-order valence-corrected chi connectivity index (χ0v) is 13.3. The fourth-order valence-electron chi connectivity index (χ4n) is 3.39. The molecular weight excluding hydrogens is 292 g/mol. The second kappa shape index (κ2) is 7.03. The minimum atomic E-state index is -0.837. The molecule has 3 heteroatoms. The van der Waals surface area contributed by atoms with E-state index in [9.17, 15) is 8.78 Å². The van der Waals surface area contributed by atoms with E-state index in [1.165, 1.54) is 37.3 Å². The fourth-order valence-corrected chi connectivity index (χ4v) is 3.39. The maximum absolute atomic E-state index is 13.3. The van der Waals surface area contributed by atoms with Crippen molar-refractivity contribution in [3.8, 4) is 11.3 Å². The third-order valence-electron chi connectivity index (χ3n) is 4.71. The molecule has 0 unspecified atom stereocenters. The Morgan fingerprint density at radius 2 is 1.78 bits per heavy atom. The van der Waals surface area contributed by atoms with Crippen molar-refractivity contribution < 1.29 is 8.78 Å². The van der Waals surface area contributed by atoms with Crippen LogP contribution in [0.2, 0.25) is 0 Å². The van der Waals surface area contributed by atoms with Crippen LogP contribution in [0.1, 0.15) is 44.1 Å². The quantitative estimate of drug-likeness (QED) is 0.645. The number of halogens is 2. The Balaban J connectivity index is 1.71. The zero-order chi connectivity index (χ0) is 16.2. The molecule has 0 N–H and O–H groups in total. The van der Waals surface area contributed by atoms with Gasteiger partial charge in [-0.3, -0.25) is 4.98 Å². The van der Waals surface area contributed by atoms with Crippen molar-refractivity contribution in [1.82, 2.24) is 4.98 Å². The van der Waals surface area contributed by atoms with Gasteiger partial charge in [-0.2, -0.15) is 0 Å². The fraction of sp³-hybridized carbons (Fsp3) is 0.350. The molecule has 1 nitrogen and oxygen atoms in total. The topological polar surface area (TPSA) is 12.9 Å². The third-order valence-corrected chi connectivity index (χ3v) is 4.71. The van der Waals surface area contributed by atoms with E-state index in [-0.39, 0.29) is 0 Å².